The Bertz CT molecular complexity index is 953. The van der Waals surface area contributed by atoms with Gasteiger partial charge in [-0.3, -0.25) is 9.36 Å². The van der Waals surface area contributed by atoms with Crippen LogP contribution in [-0.4, -0.2) is 91.0 Å². The normalized spacial score (nSPS) is 16.3. The van der Waals surface area contributed by atoms with E-state index in [2.05, 4.69) is 37.4 Å². The Labute approximate surface area is 305 Å². The molecule has 0 bridgehead atoms. The lowest BCUT2D eigenvalue weighted by atomic mass is 10.0. The lowest BCUT2D eigenvalue weighted by Crippen LogP contribution is -2.45. The second-order valence-electron chi connectivity index (χ2n) is 14.6. The summed E-state index contributed by atoms with van der Waals surface area (Å²) in [5, 5.41) is 34.0. The third-order valence-electron chi connectivity index (χ3n) is 8.52. The number of rotatable bonds is 34. The van der Waals surface area contributed by atoms with Crippen molar-refractivity contribution in [2.75, 3.05) is 40.9 Å². The number of quaternary nitrogens is 1. The van der Waals surface area contributed by atoms with Crippen LogP contribution in [0.15, 0.2) is 36.5 Å². The van der Waals surface area contributed by atoms with Crippen LogP contribution in [-0.2, 0) is 18.4 Å². The van der Waals surface area contributed by atoms with E-state index in [1.54, 1.807) is 6.08 Å². The number of phosphoric ester groups is 1. The maximum absolute atomic E-state index is 12.8. The molecular weight excluding hydrogens is 655 g/mol. The Hall–Kier alpha value is -1.36. The zero-order valence-corrected chi connectivity index (χ0v) is 33.2. The molecule has 4 N–H and O–H groups in total. The lowest BCUT2D eigenvalue weighted by Gasteiger charge is -2.29. The minimum Gasteiger partial charge on any atom is -0.756 e. The van der Waals surface area contributed by atoms with Crippen LogP contribution in [0.1, 0.15) is 142 Å². The molecule has 0 aliphatic heterocycles. The molecule has 50 heavy (non-hydrogen) atoms. The standard InChI is InChI=1S/C39H75N2O8P/c1-6-8-10-12-14-15-16-17-18-21-24-28-36(42)35(34-49-50(46,47)48-33-32-41(3,4)5)40-39(45)31-27-23-19-22-26-30-38(44)37(43)29-25-20-13-11-9-7-2/h16-17,20,24-25,28,35-38,42-44H,6-15,18-19,21-23,26-27,29-34H2,1-5H3,(H-,40,45,46,47)/b17-16-,25-20-,28-24+/t35-,36+,37-,38-/m0/s1. The molecule has 294 valence electrons. The van der Waals surface area contributed by atoms with Gasteiger partial charge in [0.25, 0.3) is 7.82 Å². The van der Waals surface area contributed by atoms with Crippen molar-refractivity contribution < 1.29 is 43.1 Å². The number of phosphoric acid groups is 1. The van der Waals surface area contributed by atoms with Gasteiger partial charge < -0.3 is 39.1 Å². The Balaban J connectivity index is 4.68. The molecule has 0 aliphatic carbocycles. The largest absolute Gasteiger partial charge is 0.756 e. The van der Waals surface area contributed by atoms with Crippen LogP contribution in [0.4, 0.5) is 0 Å². The number of unbranched alkanes of at least 4 members (excludes halogenated alkanes) is 13. The van der Waals surface area contributed by atoms with Crippen LogP contribution >= 0.6 is 7.82 Å². The summed E-state index contributed by atoms with van der Waals surface area (Å²) >= 11 is 0. The third kappa shape index (κ3) is 31.4. The fraction of sp³-hybridized carbons (Fsp3) is 0.821. The average molecular weight is 731 g/mol. The Morgan fingerprint density at radius 3 is 2.00 bits per heavy atom. The first-order chi connectivity index (χ1) is 23.8. The number of aliphatic hydroxyl groups is 3. The zero-order valence-electron chi connectivity index (χ0n) is 32.3. The van der Waals surface area contributed by atoms with Gasteiger partial charge in [0.1, 0.15) is 13.2 Å². The van der Waals surface area contributed by atoms with E-state index in [4.69, 9.17) is 9.05 Å². The van der Waals surface area contributed by atoms with Crippen molar-refractivity contribution in [3.63, 3.8) is 0 Å². The van der Waals surface area contributed by atoms with E-state index in [-0.39, 0.29) is 18.9 Å². The van der Waals surface area contributed by atoms with Crippen molar-refractivity contribution in [1.29, 1.82) is 0 Å². The van der Waals surface area contributed by atoms with E-state index in [9.17, 15) is 29.6 Å². The van der Waals surface area contributed by atoms with Gasteiger partial charge in [-0.25, -0.2) is 0 Å². The van der Waals surface area contributed by atoms with E-state index in [0.717, 1.165) is 51.4 Å². The predicted octanol–water partition coefficient (Wildman–Crippen LogP) is 7.27. The molecule has 0 saturated heterocycles. The van der Waals surface area contributed by atoms with Crippen LogP contribution in [0.2, 0.25) is 0 Å². The monoisotopic (exact) mass is 731 g/mol. The molecule has 1 amide bonds. The molecule has 0 radical (unpaired) electrons. The summed E-state index contributed by atoms with van der Waals surface area (Å²) in [7, 11) is 1.14. The fourth-order valence-corrected chi connectivity index (χ4v) is 5.91. The summed E-state index contributed by atoms with van der Waals surface area (Å²) in [6.07, 6.45) is 27.8. The van der Waals surface area contributed by atoms with Crippen molar-refractivity contribution in [3.8, 4) is 0 Å². The fourth-order valence-electron chi connectivity index (χ4n) is 5.19. The summed E-state index contributed by atoms with van der Waals surface area (Å²) in [4.78, 5) is 25.2. The highest BCUT2D eigenvalue weighted by atomic mass is 31.2. The Morgan fingerprint density at radius 2 is 1.30 bits per heavy atom. The van der Waals surface area contributed by atoms with E-state index < -0.39 is 38.8 Å². The molecule has 0 heterocycles. The molecule has 1 unspecified atom stereocenters. The van der Waals surface area contributed by atoms with Gasteiger partial charge in [-0.15, -0.1) is 0 Å². The van der Waals surface area contributed by atoms with E-state index in [1.807, 2.05) is 33.3 Å². The zero-order chi connectivity index (χ0) is 37.5. The first kappa shape index (κ1) is 48.6. The summed E-state index contributed by atoms with van der Waals surface area (Å²) < 4.78 is 23.0. The molecule has 0 aromatic rings. The molecule has 0 saturated carbocycles. The SMILES string of the molecule is CCCCC/C=C\C[C@H](O)[C@@H](O)CCCCCCCC(=O)N[C@@H](COP(=O)([O-])OCC[N+](C)(C)C)[C@H](O)/C=C/CC/C=C\CCCCCCC. The Morgan fingerprint density at radius 1 is 0.740 bits per heavy atom. The van der Waals surface area contributed by atoms with Crippen molar-refractivity contribution >= 4 is 13.7 Å². The van der Waals surface area contributed by atoms with E-state index in [0.29, 0.717) is 36.7 Å². The molecule has 0 aromatic heterocycles. The van der Waals surface area contributed by atoms with Crippen molar-refractivity contribution in [3.05, 3.63) is 36.5 Å². The molecule has 0 aromatic carbocycles. The first-order valence-electron chi connectivity index (χ1n) is 19.5. The van der Waals surface area contributed by atoms with E-state index >= 15 is 0 Å². The highest BCUT2D eigenvalue weighted by Crippen LogP contribution is 2.38. The van der Waals surface area contributed by atoms with Crippen LogP contribution < -0.4 is 10.2 Å². The minimum absolute atomic E-state index is 0.0356. The first-order valence-corrected chi connectivity index (χ1v) is 21.0. The molecular formula is C39H75N2O8P. The summed E-state index contributed by atoms with van der Waals surface area (Å²) in [5.74, 6) is -0.291. The van der Waals surface area contributed by atoms with Crippen LogP contribution in [0.5, 0.6) is 0 Å². The number of amides is 1. The smallest absolute Gasteiger partial charge is 0.268 e. The van der Waals surface area contributed by atoms with Gasteiger partial charge in [0.2, 0.25) is 5.91 Å². The van der Waals surface area contributed by atoms with Crippen molar-refractivity contribution in [1.82, 2.24) is 5.32 Å². The second kappa shape index (κ2) is 31.2. The van der Waals surface area contributed by atoms with Gasteiger partial charge in [-0.2, -0.15) is 0 Å². The van der Waals surface area contributed by atoms with E-state index in [1.165, 1.54) is 44.9 Å². The number of carbonyl (C=O) groups excluding carboxylic acids is 1. The molecule has 11 heteroatoms. The minimum atomic E-state index is -4.63. The van der Waals surface area contributed by atoms with Gasteiger partial charge in [0, 0.05) is 6.42 Å². The van der Waals surface area contributed by atoms with Gasteiger partial charge in [-0.05, 0) is 57.8 Å². The number of nitrogens with zero attached hydrogens (tertiary/aromatic N) is 1. The number of carbonyl (C=O) groups is 1. The Kier molecular flexibility index (Phi) is 30.3. The summed E-state index contributed by atoms with van der Waals surface area (Å²) in [5.41, 5.74) is 0. The number of hydrogen-bond donors (Lipinski definition) is 4. The van der Waals surface area contributed by atoms with Gasteiger partial charge in [-0.1, -0.05) is 115 Å². The number of hydrogen-bond acceptors (Lipinski definition) is 8. The number of allylic oxidation sites excluding steroid dienone is 4. The van der Waals surface area contributed by atoms with Crippen LogP contribution in [0.25, 0.3) is 0 Å². The van der Waals surface area contributed by atoms with Gasteiger partial charge in [0.05, 0.1) is 52.1 Å². The second-order valence-corrected chi connectivity index (χ2v) is 16.0. The number of nitrogens with one attached hydrogen (secondary N) is 1. The summed E-state index contributed by atoms with van der Waals surface area (Å²) in [6, 6.07) is -0.958. The highest BCUT2D eigenvalue weighted by molar-refractivity contribution is 7.45. The average Bonchev–Trinajstić information content (AvgIpc) is 3.05. The predicted molar refractivity (Wildman–Crippen MR) is 203 cm³/mol. The number of likely N-dealkylation sites (N-methyl/N-ethyl adjacent to an activating group) is 1. The van der Waals surface area contributed by atoms with Crippen LogP contribution in [0, 0.1) is 0 Å². The van der Waals surface area contributed by atoms with Crippen molar-refractivity contribution in [2.45, 2.75) is 167 Å². The maximum atomic E-state index is 12.8. The third-order valence-corrected chi connectivity index (χ3v) is 9.49. The van der Waals surface area contributed by atoms with Crippen LogP contribution in [0.3, 0.4) is 0 Å². The molecule has 0 fully saturated rings. The van der Waals surface area contributed by atoms with Gasteiger partial charge >= 0.3 is 0 Å². The van der Waals surface area contributed by atoms with Gasteiger partial charge in [0.15, 0.2) is 0 Å². The molecule has 5 atom stereocenters. The molecule has 0 spiro atoms. The van der Waals surface area contributed by atoms with Crippen molar-refractivity contribution in [2.24, 2.45) is 0 Å². The molecule has 0 aliphatic rings. The molecule has 0 rings (SSSR count). The lowest BCUT2D eigenvalue weighted by molar-refractivity contribution is -0.870. The quantitative estimate of drug-likeness (QED) is 0.0234. The summed E-state index contributed by atoms with van der Waals surface area (Å²) in [6.45, 7) is 4.37. The topological polar surface area (TPSA) is 148 Å². The molecule has 10 nitrogen and oxygen atoms in total. The highest BCUT2D eigenvalue weighted by Gasteiger charge is 2.23. The maximum Gasteiger partial charge on any atom is 0.268 e. The number of aliphatic hydroxyl groups excluding tert-OH is 3.